The number of likely N-dealkylation sites (N-methyl/N-ethyl adjacent to an activating group) is 1. The van der Waals surface area contributed by atoms with Gasteiger partial charge in [0.15, 0.2) is 0 Å². The summed E-state index contributed by atoms with van der Waals surface area (Å²) >= 11 is 0. The van der Waals surface area contributed by atoms with Crippen molar-refractivity contribution in [3.63, 3.8) is 0 Å². The minimum Gasteiger partial charge on any atom is -0.396 e. The third-order valence-corrected chi connectivity index (χ3v) is 1.41. The van der Waals surface area contributed by atoms with E-state index in [4.69, 9.17) is 10.2 Å². The van der Waals surface area contributed by atoms with Gasteiger partial charge in [0.1, 0.15) is 0 Å². The zero-order chi connectivity index (χ0) is 10.1. The molecule has 0 radical (unpaired) electrons. The summed E-state index contributed by atoms with van der Waals surface area (Å²) < 4.78 is 0. The molecule has 13 heavy (non-hydrogen) atoms. The fraction of sp³-hybridized carbons (Fsp3) is 1.00. The highest BCUT2D eigenvalue weighted by Gasteiger charge is 1.93. The maximum absolute atomic E-state index is 8.55. The molecule has 78 valence electrons. The molecule has 0 heterocycles. The molecule has 0 spiro atoms. The van der Waals surface area contributed by atoms with Crippen molar-refractivity contribution in [1.82, 2.24) is 10.0 Å². The zero-order valence-corrected chi connectivity index (χ0v) is 8.22. The molecule has 0 atom stereocenters. The lowest BCUT2D eigenvalue weighted by Crippen LogP contribution is -2.18. The van der Waals surface area contributed by atoms with Crippen LogP contribution in [0.15, 0.2) is 10.4 Å². The van der Waals surface area contributed by atoms with E-state index in [1.165, 1.54) is 0 Å². The molecule has 0 aromatic rings. The molecule has 0 aliphatic heterocycles. The SMILES string of the molecule is CN(CCO)/N=N/N(C)CCCO. The lowest BCUT2D eigenvalue weighted by atomic mass is 10.4. The first-order valence-corrected chi connectivity index (χ1v) is 4.26. The highest BCUT2D eigenvalue weighted by Crippen LogP contribution is 1.91. The first-order valence-electron chi connectivity index (χ1n) is 4.26. The van der Waals surface area contributed by atoms with Crippen LogP contribution in [0.5, 0.6) is 0 Å². The molecule has 6 heteroatoms. The Balaban J connectivity index is 3.56. The molecule has 0 saturated heterocycles. The van der Waals surface area contributed by atoms with Gasteiger partial charge in [0.2, 0.25) is 0 Å². The van der Waals surface area contributed by atoms with Gasteiger partial charge in [0.25, 0.3) is 0 Å². The van der Waals surface area contributed by atoms with Crippen LogP contribution in [0.1, 0.15) is 6.42 Å². The second-order valence-corrected chi connectivity index (χ2v) is 2.74. The number of aliphatic hydroxyl groups is 2. The zero-order valence-electron chi connectivity index (χ0n) is 8.22. The van der Waals surface area contributed by atoms with E-state index in [2.05, 4.69) is 10.4 Å². The van der Waals surface area contributed by atoms with E-state index >= 15 is 0 Å². The maximum Gasteiger partial charge on any atom is 0.0623 e. The van der Waals surface area contributed by atoms with Gasteiger partial charge in [-0.05, 0) is 6.42 Å². The molecule has 0 saturated carbocycles. The van der Waals surface area contributed by atoms with E-state index in [1.54, 1.807) is 24.1 Å². The third-order valence-electron chi connectivity index (χ3n) is 1.41. The van der Waals surface area contributed by atoms with Crippen LogP contribution in [0.2, 0.25) is 0 Å². The molecule has 0 rings (SSSR count). The highest BCUT2D eigenvalue weighted by molar-refractivity contribution is 4.41. The Bertz CT molecular complexity index is 142. The lowest BCUT2D eigenvalue weighted by molar-refractivity contribution is 0.190. The van der Waals surface area contributed by atoms with Crippen LogP contribution in [0.25, 0.3) is 0 Å². The van der Waals surface area contributed by atoms with Crippen molar-refractivity contribution in [2.24, 2.45) is 10.4 Å². The lowest BCUT2D eigenvalue weighted by Gasteiger charge is -2.13. The van der Waals surface area contributed by atoms with Crippen molar-refractivity contribution in [3.05, 3.63) is 0 Å². The van der Waals surface area contributed by atoms with E-state index in [0.29, 0.717) is 19.5 Å². The fourth-order valence-corrected chi connectivity index (χ4v) is 0.670. The van der Waals surface area contributed by atoms with Crippen LogP contribution in [0, 0.1) is 0 Å². The monoisotopic (exact) mass is 190 g/mol. The predicted molar refractivity (Wildman–Crippen MR) is 48.9 cm³/mol. The van der Waals surface area contributed by atoms with E-state index < -0.39 is 0 Å². The van der Waals surface area contributed by atoms with E-state index in [-0.39, 0.29) is 13.2 Å². The van der Waals surface area contributed by atoms with Gasteiger partial charge in [-0.15, -0.1) is 0 Å². The number of nitrogens with zero attached hydrogens (tertiary/aromatic N) is 4. The van der Waals surface area contributed by atoms with Crippen molar-refractivity contribution in [2.75, 3.05) is 40.4 Å². The average molecular weight is 190 g/mol. The van der Waals surface area contributed by atoms with Gasteiger partial charge in [-0.1, -0.05) is 10.4 Å². The van der Waals surface area contributed by atoms with Crippen molar-refractivity contribution in [3.8, 4) is 0 Å². The molecule has 0 aromatic heterocycles. The molecule has 0 unspecified atom stereocenters. The Morgan fingerprint density at radius 1 is 0.923 bits per heavy atom. The second kappa shape index (κ2) is 7.75. The van der Waals surface area contributed by atoms with Gasteiger partial charge in [-0.3, -0.25) is 10.0 Å². The van der Waals surface area contributed by atoms with Crippen LogP contribution in [-0.2, 0) is 0 Å². The van der Waals surface area contributed by atoms with Gasteiger partial charge >= 0.3 is 0 Å². The minimum atomic E-state index is 0.0654. The van der Waals surface area contributed by atoms with Gasteiger partial charge in [-0.25, -0.2) is 0 Å². The molecule has 2 N–H and O–H groups in total. The number of aliphatic hydroxyl groups excluding tert-OH is 2. The summed E-state index contributed by atoms with van der Waals surface area (Å²) in [7, 11) is 3.52. The molecular formula is C7H18N4O2. The van der Waals surface area contributed by atoms with E-state index in [0.717, 1.165) is 0 Å². The van der Waals surface area contributed by atoms with Crippen LogP contribution < -0.4 is 0 Å². The Hall–Kier alpha value is -0.880. The largest absolute Gasteiger partial charge is 0.396 e. The summed E-state index contributed by atoms with van der Waals surface area (Å²) in [5, 5.41) is 27.9. The minimum absolute atomic E-state index is 0.0654. The summed E-state index contributed by atoms with van der Waals surface area (Å²) in [6.45, 7) is 1.37. The van der Waals surface area contributed by atoms with Crippen LogP contribution in [0.3, 0.4) is 0 Å². The summed E-state index contributed by atoms with van der Waals surface area (Å²) in [4.78, 5) is 0. The van der Waals surface area contributed by atoms with Crippen LogP contribution >= 0.6 is 0 Å². The smallest absolute Gasteiger partial charge is 0.0623 e. The Morgan fingerprint density at radius 2 is 1.46 bits per heavy atom. The molecule has 0 fully saturated rings. The highest BCUT2D eigenvalue weighted by atomic mass is 16.3. The standard InChI is InChI=1S/C7H18N4O2/c1-10(4-3-6-12)8-9-11(2)5-7-13/h12-13H,3-7H2,1-2H3/b9-8+. The summed E-state index contributed by atoms with van der Waals surface area (Å²) in [6, 6.07) is 0. The van der Waals surface area contributed by atoms with E-state index in [9.17, 15) is 0 Å². The molecule has 0 amide bonds. The fourth-order valence-electron chi connectivity index (χ4n) is 0.670. The Labute approximate surface area is 78.4 Å². The molecular weight excluding hydrogens is 172 g/mol. The Kier molecular flexibility index (Phi) is 7.23. The first-order chi connectivity index (χ1) is 6.20. The number of hydrogen-bond acceptors (Lipinski definition) is 4. The van der Waals surface area contributed by atoms with Gasteiger partial charge in [0, 0.05) is 27.2 Å². The number of rotatable bonds is 7. The van der Waals surface area contributed by atoms with E-state index in [1.807, 2.05) is 0 Å². The van der Waals surface area contributed by atoms with Crippen molar-refractivity contribution in [1.29, 1.82) is 0 Å². The molecule has 0 bridgehead atoms. The normalized spacial score (nSPS) is 10.8. The summed E-state index contributed by atoms with van der Waals surface area (Å²) in [5.74, 6) is 0. The number of hydrogen-bond donors (Lipinski definition) is 2. The van der Waals surface area contributed by atoms with Crippen molar-refractivity contribution in [2.45, 2.75) is 6.42 Å². The van der Waals surface area contributed by atoms with Crippen LogP contribution in [-0.4, -0.2) is 60.6 Å². The van der Waals surface area contributed by atoms with Gasteiger partial charge in [-0.2, -0.15) is 0 Å². The quantitative estimate of drug-likeness (QED) is 0.419. The topological polar surface area (TPSA) is 71.7 Å². The predicted octanol–water partition coefficient (Wildman–Crippen LogP) is -0.493. The molecule has 6 nitrogen and oxygen atoms in total. The summed E-state index contributed by atoms with van der Waals surface area (Å²) in [6.07, 6.45) is 0.680. The average Bonchev–Trinajstić information content (AvgIpc) is 2.12. The Morgan fingerprint density at radius 3 is 1.92 bits per heavy atom. The first kappa shape index (κ1) is 12.1. The molecule has 0 aliphatic carbocycles. The van der Waals surface area contributed by atoms with Crippen molar-refractivity contribution >= 4 is 0 Å². The summed E-state index contributed by atoms with van der Waals surface area (Å²) in [5.41, 5.74) is 0. The maximum atomic E-state index is 8.55. The second-order valence-electron chi connectivity index (χ2n) is 2.74. The van der Waals surface area contributed by atoms with Crippen LogP contribution in [0.4, 0.5) is 0 Å². The van der Waals surface area contributed by atoms with Gasteiger partial charge in [0.05, 0.1) is 13.2 Å². The molecule has 0 aliphatic rings. The third kappa shape index (κ3) is 7.48. The van der Waals surface area contributed by atoms with Gasteiger partial charge < -0.3 is 10.2 Å². The molecule has 0 aromatic carbocycles. The van der Waals surface area contributed by atoms with Crippen molar-refractivity contribution < 1.29 is 10.2 Å².